The number of ether oxygens (including phenoxy) is 1. The molecule has 6 nitrogen and oxygen atoms in total. The topological polar surface area (TPSA) is 49.2 Å². The van der Waals surface area contributed by atoms with Crippen LogP contribution in [0, 0.1) is 6.57 Å². The van der Waals surface area contributed by atoms with E-state index in [1.807, 2.05) is 24.3 Å². The van der Waals surface area contributed by atoms with Crippen LogP contribution in [0.4, 0.5) is 24.5 Å². The Labute approximate surface area is 214 Å². The minimum Gasteiger partial charge on any atom is -0.494 e. The molecule has 3 rings (SSSR count). The second kappa shape index (κ2) is 10.8. The van der Waals surface area contributed by atoms with Crippen molar-refractivity contribution in [3.8, 4) is 5.75 Å². The van der Waals surface area contributed by atoms with Crippen molar-refractivity contribution in [2.24, 2.45) is 0 Å². The SMILES string of the molecule is [C-]#[N+]c1ccc(N2C(=O)C(C)(C)N(CCCOc3cccc(CNC(C)C)c3)C2=S)cc1C(F)(F)F. The van der Waals surface area contributed by atoms with Crippen molar-refractivity contribution >= 4 is 34.6 Å². The van der Waals surface area contributed by atoms with Gasteiger partial charge in [0.25, 0.3) is 5.91 Å². The summed E-state index contributed by atoms with van der Waals surface area (Å²) in [7, 11) is 0. The van der Waals surface area contributed by atoms with Gasteiger partial charge in [-0.3, -0.25) is 9.69 Å². The second-order valence-electron chi connectivity index (χ2n) is 9.33. The maximum atomic E-state index is 13.5. The Hall–Kier alpha value is -3.16. The van der Waals surface area contributed by atoms with E-state index in [1.54, 1.807) is 18.7 Å². The van der Waals surface area contributed by atoms with Gasteiger partial charge < -0.3 is 15.0 Å². The van der Waals surface area contributed by atoms with Crippen molar-refractivity contribution in [3.63, 3.8) is 0 Å². The molecule has 36 heavy (non-hydrogen) atoms. The molecule has 0 bridgehead atoms. The van der Waals surface area contributed by atoms with E-state index in [0.29, 0.717) is 25.6 Å². The van der Waals surface area contributed by atoms with E-state index in [4.69, 9.17) is 23.5 Å². The molecule has 1 saturated heterocycles. The van der Waals surface area contributed by atoms with Gasteiger partial charge in [-0.25, -0.2) is 4.85 Å². The van der Waals surface area contributed by atoms with Gasteiger partial charge in [-0.2, -0.15) is 13.2 Å². The largest absolute Gasteiger partial charge is 0.494 e. The molecule has 0 spiro atoms. The summed E-state index contributed by atoms with van der Waals surface area (Å²) in [5, 5.41) is 3.48. The highest BCUT2D eigenvalue weighted by Crippen LogP contribution is 2.40. The number of nitrogens with one attached hydrogen (secondary N) is 1. The number of carbonyl (C=O) groups is 1. The first-order valence-corrected chi connectivity index (χ1v) is 12.0. The molecule has 1 fully saturated rings. The Kier molecular flexibility index (Phi) is 8.26. The number of alkyl halides is 3. The number of hydrogen-bond donors (Lipinski definition) is 1. The third kappa shape index (κ3) is 5.97. The van der Waals surface area contributed by atoms with Crippen LogP contribution in [0.2, 0.25) is 0 Å². The predicted octanol–water partition coefficient (Wildman–Crippen LogP) is 5.94. The van der Waals surface area contributed by atoms with Gasteiger partial charge in [-0.1, -0.05) is 32.0 Å². The number of nitrogens with zero attached hydrogens (tertiary/aromatic N) is 3. The molecule has 10 heteroatoms. The van der Waals surface area contributed by atoms with E-state index in [-0.39, 0.29) is 10.8 Å². The molecule has 1 N–H and O–H groups in total. The van der Waals surface area contributed by atoms with Crippen molar-refractivity contribution in [1.29, 1.82) is 0 Å². The van der Waals surface area contributed by atoms with Crippen LogP contribution in [0.3, 0.4) is 0 Å². The Bertz CT molecular complexity index is 1170. The highest BCUT2D eigenvalue weighted by atomic mass is 32.1. The number of thiocarbonyl (C=S) groups is 1. The van der Waals surface area contributed by atoms with Crippen molar-refractivity contribution in [3.05, 3.63) is 65.0 Å². The van der Waals surface area contributed by atoms with Crippen molar-refractivity contribution in [2.75, 3.05) is 18.1 Å². The van der Waals surface area contributed by atoms with Gasteiger partial charge in [-0.05, 0) is 62.3 Å². The maximum absolute atomic E-state index is 13.5. The summed E-state index contributed by atoms with van der Waals surface area (Å²) in [6.45, 7) is 16.0. The molecule has 1 amide bonds. The Morgan fingerprint density at radius 1 is 1.19 bits per heavy atom. The molecule has 0 saturated carbocycles. The molecular formula is C26H29F3N4O2S. The molecule has 0 aromatic heterocycles. The normalized spacial score (nSPS) is 15.5. The van der Waals surface area contributed by atoms with E-state index in [2.05, 4.69) is 24.0 Å². The minimum absolute atomic E-state index is 0.0108. The molecule has 0 radical (unpaired) electrons. The van der Waals surface area contributed by atoms with Crippen LogP contribution in [0.15, 0.2) is 42.5 Å². The monoisotopic (exact) mass is 518 g/mol. The molecule has 1 aliphatic rings. The lowest BCUT2D eigenvalue weighted by Gasteiger charge is -2.29. The number of amides is 1. The van der Waals surface area contributed by atoms with E-state index >= 15 is 0 Å². The van der Waals surface area contributed by atoms with Gasteiger partial charge in [0.1, 0.15) is 11.3 Å². The van der Waals surface area contributed by atoms with Gasteiger partial charge in [0.05, 0.1) is 18.7 Å². The minimum atomic E-state index is -4.73. The molecule has 192 valence electrons. The van der Waals surface area contributed by atoms with E-state index < -0.39 is 28.9 Å². The maximum Gasteiger partial charge on any atom is 0.407 e. The second-order valence-corrected chi connectivity index (χ2v) is 9.69. The van der Waals surface area contributed by atoms with E-state index in [1.165, 1.54) is 6.07 Å². The summed E-state index contributed by atoms with van der Waals surface area (Å²) in [5.74, 6) is 0.307. The number of hydrogen-bond acceptors (Lipinski definition) is 4. The van der Waals surface area contributed by atoms with Crippen molar-refractivity contribution < 1.29 is 22.7 Å². The molecule has 0 unspecified atom stereocenters. The molecule has 2 aromatic carbocycles. The zero-order valence-electron chi connectivity index (χ0n) is 20.6. The lowest BCUT2D eigenvalue weighted by molar-refractivity contribution is -0.136. The zero-order chi connectivity index (χ0) is 26.7. The highest BCUT2D eigenvalue weighted by Gasteiger charge is 2.49. The van der Waals surface area contributed by atoms with Gasteiger partial charge in [-0.15, -0.1) is 0 Å². The van der Waals surface area contributed by atoms with Gasteiger partial charge in [0.2, 0.25) is 0 Å². The van der Waals surface area contributed by atoms with E-state index in [0.717, 1.165) is 34.9 Å². The molecular weight excluding hydrogens is 489 g/mol. The predicted molar refractivity (Wildman–Crippen MR) is 137 cm³/mol. The molecule has 0 aliphatic carbocycles. The van der Waals surface area contributed by atoms with Crippen LogP contribution in [-0.4, -0.2) is 40.7 Å². The molecule has 2 aromatic rings. The lowest BCUT2D eigenvalue weighted by atomic mass is 10.0. The van der Waals surface area contributed by atoms with Crippen LogP contribution in [-0.2, 0) is 17.5 Å². The fourth-order valence-corrected chi connectivity index (χ4v) is 4.41. The van der Waals surface area contributed by atoms with Gasteiger partial charge >= 0.3 is 6.18 Å². The first-order valence-electron chi connectivity index (χ1n) is 11.6. The highest BCUT2D eigenvalue weighted by molar-refractivity contribution is 7.80. The molecule has 1 heterocycles. The number of rotatable bonds is 9. The summed E-state index contributed by atoms with van der Waals surface area (Å²) < 4.78 is 46.3. The summed E-state index contributed by atoms with van der Waals surface area (Å²) in [6.07, 6.45) is -4.18. The number of benzene rings is 2. The Balaban J connectivity index is 1.68. The fourth-order valence-electron chi connectivity index (χ4n) is 3.91. The zero-order valence-corrected chi connectivity index (χ0v) is 21.5. The summed E-state index contributed by atoms with van der Waals surface area (Å²) in [6, 6.07) is 11.3. The fraction of sp³-hybridized carbons (Fsp3) is 0.423. The average Bonchev–Trinajstić information content (AvgIpc) is 2.98. The van der Waals surface area contributed by atoms with Gasteiger partial charge in [0, 0.05) is 24.8 Å². The van der Waals surface area contributed by atoms with E-state index in [9.17, 15) is 18.0 Å². The molecule has 1 aliphatic heterocycles. The quantitative estimate of drug-likeness (QED) is 0.253. The number of anilines is 1. The summed E-state index contributed by atoms with van der Waals surface area (Å²) in [4.78, 5) is 18.9. The Morgan fingerprint density at radius 2 is 1.92 bits per heavy atom. The molecule has 0 atom stereocenters. The summed E-state index contributed by atoms with van der Waals surface area (Å²) in [5.41, 5.74) is -1.58. The third-order valence-electron chi connectivity index (χ3n) is 5.90. The standard InChI is InChI=1S/C26H29F3N4O2S/c1-17(2)31-16-18-8-6-9-20(14-18)35-13-7-12-32-24(36)33(23(34)25(32,3)4)19-10-11-22(30-5)21(15-19)26(27,28)29/h6,8-11,14-15,17,31H,7,12-13,16H2,1-4H3. The van der Waals surface area contributed by atoms with Crippen LogP contribution in [0.1, 0.15) is 45.2 Å². The third-order valence-corrected chi connectivity index (χ3v) is 6.30. The van der Waals surface area contributed by atoms with Gasteiger partial charge in [0.15, 0.2) is 10.8 Å². The van der Waals surface area contributed by atoms with Crippen LogP contribution < -0.4 is 15.0 Å². The first-order chi connectivity index (χ1) is 16.9. The van der Waals surface area contributed by atoms with Crippen LogP contribution >= 0.6 is 12.2 Å². The van der Waals surface area contributed by atoms with Crippen LogP contribution in [0.5, 0.6) is 5.75 Å². The number of halogens is 3. The van der Waals surface area contributed by atoms with Crippen molar-refractivity contribution in [1.82, 2.24) is 10.2 Å². The first kappa shape index (κ1) is 27.4. The number of carbonyl (C=O) groups excluding carboxylic acids is 1. The average molecular weight is 519 g/mol. The van der Waals surface area contributed by atoms with Crippen molar-refractivity contribution in [2.45, 2.75) is 58.4 Å². The summed E-state index contributed by atoms with van der Waals surface area (Å²) >= 11 is 5.52. The van der Waals surface area contributed by atoms with Crippen LogP contribution in [0.25, 0.3) is 4.85 Å². The lowest BCUT2D eigenvalue weighted by Crippen LogP contribution is -2.44. The Morgan fingerprint density at radius 3 is 2.56 bits per heavy atom. The smallest absolute Gasteiger partial charge is 0.407 e.